The van der Waals surface area contributed by atoms with E-state index in [4.69, 9.17) is 4.98 Å². The van der Waals surface area contributed by atoms with Crippen molar-refractivity contribution < 1.29 is 0 Å². The van der Waals surface area contributed by atoms with Gasteiger partial charge in [0, 0.05) is 11.4 Å². The summed E-state index contributed by atoms with van der Waals surface area (Å²) in [4.78, 5) is 4.72. The number of hydrogen-bond acceptors (Lipinski definition) is 2. The summed E-state index contributed by atoms with van der Waals surface area (Å²) in [7, 11) is 0. The molecule has 1 aromatic heterocycles. The first-order valence-corrected chi connectivity index (χ1v) is 5.89. The maximum atomic E-state index is 4.72. The van der Waals surface area contributed by atoms with Gasteiger partial charge >= 0.3 is 0 Å². The number of benzene rings is 1. The van der Waals surface area contributed by atoms with Crippen LogP contribution >= 0.6 is 0 Å². The largest absolute Gasteiger partial charge is 0.367 e. The Bertz CT molecular complexity index is 546. The Morgan fingerprint density at radius 3 is 3.06 bits per heavy atom. The van der Waals surface area contributed by atoms with Gasteiger partial charge in [-0.1, -0.05) is 12.1 Å². The second kappa shape index (κ2) is 3.48. The molecule has 0 saturated carbocycles. The van der Waals surface area contributed by atoms with Crippen LogP contribution in [0.15, 0.2) is 24.3 Å². The third-order valence-corrected chi connectivity index (χ3v) is 3.28. The highest BCUT2D eigenvalue weighted by molar-refractivity contribution is 5.82. The molecule has 2 heterocycles. The highest BCUT2D eigenvalue weighted by atomic mass is 15.0. The summed E-state index contributed by atoms with van der Waals surface area (Å²) in [5, 5.41) is 4.71. The number of hydrogen-bond donors (Lipinski definition) is 1. The summed E-state index contributed by atoms with van der Waals surface area (Å²) in [6.07, 6.45) is 2.34. The van der Waals surface area contributed by atoms with Gasteiger partial charge in [0.05, 0.1) is 5.52 Å². The maximum absolute atomic E-state index is 4.72. The Kier molecular flexibility index (Phi) is 2.10. The zero-order chi connectivity index (χ0) is 11.1. The molecule has 2 nitrogen and oxygen atoms in total. The predicted octanol–water partition coefficient (Wildman–Crippen LogP) is 3.29. The Morgan fingerprint density at radius 2 is 2.19 bits per heavy atom. The molecule has 0 unspecified atom stereocenters. The normalized spacial score (nSPS) is 19.2. The number of aromatic nitrogens is 1. The zero-order valence-corrected chi connectivity index (χ0v) is 9.75. The minimum absolute atomic E-state index is 0.544. The van der Waals surface area contributed by atoms with Crippen LogP contribution in [0.5, 0.6) is 0 Å². The van der Waals surface area contributed by atoms with E-state index in [0.717, 1.165) is 17.8 Å². The fourth-order valence-corrected chi connectivity index (χ4v) is 2.31. The molecule has 2 heteroatoms. The third-order valence-electron chi connectivity index (χ3n) is 3.28. The summed E-state index contributed by atoms with van der Waals surface area (Å²) < 4.78 is 0. The van der Waals surface area contributed by atoms with Gasteiger partial charge in [0.15, 0.2) is 0 Å². The highest BCUT2D eigenvalue weighted by Crippen LogP contribution is 2.26. The van der Waals surface area contributed by atoms with Crippen LogP contribution < -0.4 is 5.32 Å². The van der Waals surface area contributed by atoms with E-state index in [1.807, 2.05) is 0 Å². The van der Waals surface area contributed by atoms with Crippen molar-refractivity contribution in [3.8, 4) is 0 Å². The first kappa shape index (κ1) is 9.64. The molecule has 0 bridgehead atoms. The Hall–Kier alpha value is -1.57. The smallest absolute Gasteiger partial charge is 0.130 e. The third kappa shape index (κ3) is 1.54. The van der Waals surface area contributed by atoms with Crippen LogP contribution in [0.4, 0.5) is 5.82 Å². The molecule has 16 heavy (non-hydrogen) atoms. The van der Waals surface area contributed by atoms with Crippen LogP contribution in [0.3, 0.4) is 0 Å². The lowest BCUT2D eigenvalue weighted by Crippen LogP contribution is -2.22. The molecule has 1 atom stereocenters. The minimum Gasteiger partial charge on any atom is -0.367 e. The van der Waals surface area contributed by atoms with E-state index in [-0.39, 0.29) is 0 Å². The molecule has 2 aromatic rings. The van der Waals surface area contributed by atoms with Crippen LogP contribution in [-0.2, 0) is 6.42 Å². The van der Waals surface area contributed by atoms with Crippen molar-refractivity contribution >= 4 is 16.7 Å². The van der Waals surface area contributed by atoms with E-state index in [1.165, 1.54) is 22.9 Å². The molecule has 0 aliphatic carbocycles. The fourth-order valence-electron chi connectivity index (χ4n) is 2.31. The van der Waals surface area contributed by atoms with E-state index in [9.17, 15) is 0 Å². The molecule has 0 amide bonds. The summed E-state index contributed by atoms with van der Waals surface area (Å²) in [5.74, 6) is 1.08. The number of nitrogens with one attached hydrogen (secondary N) is 1. The maximum Gasteiger partial charge on any atom is 0.130 e. The van der Waals surface area contributed by atoms with Gasteiger partial charge in [0.1, 0.15) is 5.82 Å². The summed E-state index contributed by atoms with van der Waals surface area (Å²) in [5.41, 5.74) is 3.72. The quantitative estimate of drug-likeness (QED) is 0.724. The number of pyridine rings is 1. The Morgan fingerprint density at radius 1 is 1.31 bits per heavy atom. The summed E-state index contributed by atoms with van der Waals surface area (Å²) in [6, 6.07) is 9.28. The van der Waals surface area contributed by atoms with Crippen molar-refractivity contribution in [1.29, 1.82) is 0 Å². The van der Waals surface area contributed by atoms with Gasteiger partial charge in [-0.05, 0) is 49.9 Å². The SMILES string of the molecule is Cc1ccc2cc3c(nc2c1)N[C@@H](C)CC3. The van der Waals surface area contributed by atoms with Gasteiger partial charge in [0.2, 0.25) is 0 Å². The van der Waals surface area contributed by atoms with Crippen LogP contribution in [0, 0.1) is 6.92 Å². The van der Waals surface area contributed by atoms with Crippen molar-refractivity contribution in [2.45, 2.75) is 32.7 Å². The molecule has 0 saturated heterocycles. The van der Waals surface area contributed by atoms with Crippen molar-refractivity contribution in [3.05, 3.63) is 35.4 Å². The first-order valence-electron chi connectivity index (χ1n) is 5.89. The molecule has 0 spiro atoms. The molecular weight excluding hydrogens is 196 g/mol. The van der Waals surface area contributed by atoms with Crippen molar-refractivity contribution in [2.75, 3.05) is 5.32 Å². The van der Waals surface area contributed by atoms with E-state index in [0.29, 0.717) is 6.04 Å². The van der Waals surface area contributed by atoms with Gasteiger partial charge in [-0.3, -0.25) is 0 Å². The standard InChI is InChI=1S/C14H16N2/c1-9-3-5-11-8-12-6-4-10(2)15-14(12)16-13(11)7-9/h3,5,7-8,10H,4,6H2,1-2H3,(H,15,16)/t10-/m0/s1. The molecule has 82 valence electrons. The molecule has 0 radical (unpaired) electrons. The molecule has 1 aromatic carbocycles. The number of nitrogens with zero attached hydrogens (tertiary/aromatic N) is 1. The molecule has 1 N–H and O–H groups in total. The zero-order valence-electron chi connectivity index (χ0n) is 9.75. The topological polar surface area (TPSA) is 24.9 Å². The van der Waals surface area contributed by atoms with Crippen LogP contribution in [0.25, 0.3) is 10.9 Å². The lowest BCUT2D eigenvalue weighted by molar-refractivity contribution is 0.675. The summed E-state index contributed by atoms with van der Waals surface area (Å²) >= 11 is 0. The Balaban J connectivity index is 2.20. The molecule has 3 rings (SSSR count). The van der Waals surface area contributed by atoms with Crippen LogP contribution in [0.2, 0.25) is 0 Å². The second-order valence-electron chi connectivity index (χ2n) is 4.78. The van der Waals surface area contributed by atoms with E-state index >= 15 is 0 Å². The lowest BCUT2D eigenvalue weighted by atomic mass is 10.00. The van der Waals surface area contributed by atoms with Gasteiger partial charge < -0.3 is 5.32 Å². The number of rotatable bonds is 0. The average Bonchev–Trinajstić information content (AvgIpc) is 2.26. The number of aryl methyl sites for hydroxylation is 2. The molecule has 1 aliphatic heterocycles. The monoisotopic (exact) mass is 212 g/mol. The van der Waals surface area contributed by atoms with Gasteiger partial charge in [-0.2, -0.15) is 0 Å². The second-order valence-corrected chi connectivity index (χ2v) is 4.78. The van der Waals surface area contributed by atoms with Crippen LogP contribution in [-0.4, -0.2) is 11.0 Å². The summed E-state index contributed by atoms with van der Waals surface area (Å²) in [6.45, 7) is 4.32. The fraction of sp³-hybridized carbons (Fsp3) is 0.357. The van der Waals surface area contributed by atoms with Crippen molar-refractivity contribution in [2.24, 2.45) is 0 Å². The van der Waals surface area contributed by atoms with Gasteiger partial charge in [-0.25, -0.2) is 4.98 Å². The number of fused-ring (bicyclic) bond motifs is 2. The highest BCUT2D eigenvalue weighted by Gasteiger charge is 2.15. The van der Waals surface area contributed by atoms with Crippen LogP contribution in [0.1, 0.15) is 24.5 Å². The first-order chi connectivity index (χ1) is 7.72. The Labute approximate surface area is 95.7 Å². The number of anilines is 1. The predicted molar refractivity (Wildman–Crippen MR) is 67.9 cm³/mol. The average molecular weight is 212 g/mol. The van der Waals surface area contributed by atoms with Gasteiger partial charge in [0.25, 0.3) is 0 Å². The van der Waals surface area contributed by atoms with Gasteiger partial charge in [-0.15, -0.1) is 0 Å². The van der Waals surface area contributed by atoms with E-state index < -0.39 is 0 Å². The molecule has 0 fully saturated rings. The minimum atomic E-state index is 0.544. The van der Waals surface area contributed by atoms with E-state index in [1.54, 1.807) is 0 Å². The molecule has 1 aliphatic rings. The lowest BCUT2D eigenvalue weighted by Gasteiger charge is -2.23. The van der Waals surface area contributed by atoms with Crippen molar-refractivity contribution in [1.82, 2.24) is 4.98 Å². The van der Waals surface area contributed by atoms with Crippen molar-refractivity contribution in [3.63, 3.8) is 0 Å². The molecular formula is C14H16N2. The van der Waals surface area contributed by atoms with E-state index in [2.05, 4.69) is 43.4 Å².